The number of carboxylic acids is 1. The molecule has 8 heteroatoms. The van der Waals surface area contributed by atoms with E-state index in [1.54, 1.807) is 23.0 Å². The van der Waals surface area contributed by atoms with Crippen molar-refractivity contribution >= 4 is 35.5 Å². The maximum Gasteiger partial charge on any atom is 0.335 e. The number of nitrogens with zero attached hydrogens (tertiary/aromatic N) is 4. The molecule has 0 saturated carbocycles. The van der Waals surface area contributed by atoms with Gasteiger partial charge in [-0.05, 0) is 29.3 Å². The number of rotatable bonds is 6. The van der Waals surface area contributed by atoms with Crippen molar-refractivity contribution in [3.63, 3.8) is 0 Å². The monoisotopic (exact) mass is 372 g/mol. The zero-order chi connectivity index (χ0) is 17.6. The highest BCUT2D eigenvalue weighted by Gasteiger charge is 2.06. The molecule has 2 aromatic carbocycles. The first-order valence-electron chi connectivity index (χ1n) is 7.27. The van der Waals surface area contributed by atoms with Crippen LogP contribution in [0.25, 0.3) is 0 Å². The molecule has 1 aromatic heterocycles. The number of carbonyl (C=O) groups is 1. The number of hydrogen-bond donors (Lipinski definition) is 1. The Morgan fingerprint density at radius 1 is 1.24 bits per heavy atom. The molecule has 0 saturated heterocycles. The van der Waals surface area contributed by atoms with Crippen LogP contribution in [0.3, 0.4) is 0 Å². The predicted molar refractivity (Wildman–Crippen MR) is 97.4 cm³/mol. The maximum absolute atomic E-state index is 10.8. The Hall–Kier alpha value is -2.64. The molecule has 0 spiro atoms. The molecular formula is C17H13ClN4O2S. The molecule has 0 bridgehead atoms. The van der Waals surface area contributed by atoms with Gasteiger partial charge in [-0.1, -0.05) is 53.7 Å². The molecule has 0 atom stereocenters. The molecule has 0 radical (unpaired) electrons. The van der Waals surface area contributed by atoms with Crippen LogP contribution in [0.2, 0.25) is 5.02 Å². The summed E-state index contributed by atoms with van der Waals surface area (Å²) in [5, 5.41) is 22.5. The summed E-state index contributed by atoms with van der Waals surface area (Å²) in [6, 6.07) is 14.1. The molecule has 0 unspecified atom stereocenters. The van der Waals surface area contributed by atoms with Crippen LogP contribution >= 0.6 is 23.4 Å². The Bertz CT molecular complexity index is 909. The van der Waals surface area contributed by atoms with E-state index < -0.39 is 5.97 Å². The van der Waals surface area contributed by atoms with Crippen molar-refractivity contribution in [2.45, 2.75) is 10.9 Å². The number of aromatic nitrogens is 3. The van der Waals surface area contributed by atoms with E-state index in [2.05, 4.69) is 15.3 Å². The third-order valence-electron chi connectivity index (χ3n) is 3.30. The zero-order valence-electron chi connectivity index (χ0n) is 12.9. The van der Waals surface area contributed by atoms with Crippen LogP contribution in [0, 0.1) is 0 Å². The van der Waals surface area contributed by atoms with E-state index in [4.69, 9.17) is 16.7 Å². The van der Waals surface area contributed by atoms with Crippen LogP contribution in [0.4, 0.5) is 0 Å². The summed E-state index contributed by atoms with van der Waals surface area (Å²) in [6.45, 7) is 0. The Morgan fingerprint density at radius 2 is 2.00 bits per heavy atom. The van der Waals surface area contributed by atoms with Crippen molar-refractivity contribution in [2.75, 3.05) is 0 Å². The average Bonchev–Trinajstić information content (AvgIpc) is 3.07. The number of benzene rings is 2. The van der Waals surface area contributed by atoms with Gasteiger partial charge in [-0.3, -0.25) is 0 Å². The molecular weight excluding hydrogens is 360 g/mol. The lowest BCUT2D eigenvalue weighted by Gasteiger charge is -2.03. The Balaban J connectivity index is 1.69. The molecule has 0 amide bonds. The van der Waals surface area contributed by atoms with E-state index in [9.17, 15) is 4.79 Å². The summed E-state index contributed by atoms with van der Waals surface area (Å²) in [5.41, 5.74) is 2.02. The Labute approximate surface area is 153 Å². The highest BCUT2D eigenvalue weighted by Crippen LogP contribution is 2.25. The second kappa shape index (κ2) is 7.96. The lowest BCUT2D eigenvalue weighted by molar-refractivity contribution is 0.0697. The highest BCUT2D eigenvalue weighted by molar-refractivity contribution is 7.98. The third kappa shape index (κ3) is 4.46. The molecule has 1 heterocycles. The van der Waals surface area contributed by atoms with E-state index in [1.807, 2.05) is 24.3 Å². The minimum atomic E-state index is -0.958. The largest absolute Gasteiger partial charge is 0.478 e. The standard InChI is InChI=1S/C17H13ClN4O2S/c18-15-4-2-1-3-14(15)10-25-17-21-19-11-22(17)20-9-12-5-7-13(8-6-12)16(23)24/h1-9,11H,10H2,(H,23,24)/b20-9-. The molecule has 0 aliphatic heterocycles. The van der Waals surface area contributed by atoms with Crippen LogP contribution < -0.4 is 0 Å². The van der Waals surface area contributed by atoms with E-state index in [-0.39, 0.29) is 5.56 Å². The molecule has 0 aliphatic carbocycles. The Morgan fingerprint density at radius 3 is 2.72 bits per heavy atom. The molecule has 25 heavy (non-hydrogen) atoms. The fourth-order valence-corrected chi connectivity index (χ4v) is 3.14. The number of aromatic carboxylic acids is 1. The number of halogens is 1. The third-order valence-corrected chi connectivity index (χ3v) is 4.65. The van der Waals surface area contributed by atoms with Crippen LogP contribution in [0.5, 0.6) is 0 Å². The van der Waals surface area contributed by atoms with Gasteiger partial charge in [-0.2, -0.15) is 9.78 Å². The molecule has 0 aliphatic rings. The van der Waals surface area contributed by atoms with Gasteiger partial charge < -0.3 is 5.11 Å². The van der Waals surface area contributed by atoms with Gasteiger partial charge in [0.25, 0.3) is 0 Å². The van der Waals surface area contributed by atoms with Gasteiger partial charge in [-0.25, -0.2) is 4.79 Å². The summed E-state index contributed by atoms with van der Waals surface area (Å²) in [6.07, 6.45) is 3.13. The first kappa shape index (κ1) is 17.2. The minimum absolute atomic E-state index is 0.234. The lowest BCUT2D eigenvalue weighted by Crippen LogP contribution is -1.96. The van der Waals surface area contributed by atoms with Gasteiger partial charge in [-0.15, -0.1) is 10.2 Å². The first-order chi connectivity index (χ1) is 12.1. The van der Waals surface area contributed by atoms with Crippen molar-refractivity contribution in [1.82, 2.24) is 14.9 Å². The van der Waals surface area contributed by atoms with Gasteiger partial charge in [0.2, 0.25) is 5.16 Å². The first-order valence-corrected chi connectivity index (χ1v) is 8.64. The summed E-state index contributed by atoms with van der Waals surface area (Å²) in [4.78, 5) is 10.8. The van der Waals surface area contributed by atoms with Gasteiger partial charge in [0, 0.05) is 10.8 Å². The normalized spacial score (nSPS) is 11.1. The smallest absolute Gasteiger partial charge is 0.335 e. The van der Waals surface area contributed by atoms with Crippen molar-refractivity contribution in [1.29, 1.82) is 0 Å². The van der Waals surface area contributed by atoms with Crippen molar-refractivity contribution < 1.29 is 9.90 Å². The summed E-state index contributed by atoms with van der Waals surface area (Å²) in [5.74, 6) is -0.304. The van der Waals surface area contributed by atoms with Crippen LogP contribution in [-0.4, -0.2) is 32.2 Å². The van der Waals surface area contributed by atoms with Gasteiger partial charge >= 0.3 is 5.97 Å². The minimum Gasteiger partial charge on any atom is -0.478 e. The molecule has 126 valence electrons. The van der Waals surface area contributed by atoms with Crippen molar-refractivity contribution in [3.05, 3.63) is 76.6 Å². The Kier molecular flexibility index (Phi) is 5.47. The quantitative estimate of drug-likeness (QED) is 0.525. The number of thioether (sulfide) groups is 1. The van der Waals surface area contributed by atoms with E-state index in [0.717, 1.165) is 11.1 Å². The van der Waals surface area contributed by atoms with Gasteiger partial charge in [0.05, 0.1) is 11.8 Å². The summed E-state index contributed by atoms with van der Waals surface area (Å²) in [7, 11) is 0. The molecule has 0 fully saturated rings. The SMILES string of the molecule is O=C(O)c1ccc(/C=N\n2cnnc2SCc2ccccc2Cl)cc1. The van der Waals surface area contributed by atoms with Crippen LogP contribution in [0.1, 0.15) is 21.5 Å². The van der Waals surface area contributed by atoms with Gasteiger partial charge in [0.15, 0.2) is 0 Å². The highest BCUT2D eigenvalue weighted by atomic mass is 35.5. The summed E-state index contributed by atoms with van der Waals surface area (Å²) < 4.78 is 1.56. The van der Waals surface area contributed by atoms with E-state index in [0.29, 0.717) is 15.9 Å². The predicted octanol–water partition coefficient (Wildman–Crippen LogP) is 3.80. The number of carboxylic acid groups (broad SMARTS) is 1. The fraction of sp³-hybridized carbons (Fsp3) is 0.0588. The second-order valence-corrected chi connectivity index (χ2v) is 6.36. The second-order valence-electron chi connectivity index (χ2n) is 5.01. The van der Waals surface area contributed by atoms with Crippen LogP contribution in [0.15, 0.2) is 65.1 Å². The average molecular weight is 373 g/mol. The zero-order valence-corrected chi connectivity index (χ0v) is 14.5. The van der Waals surface area contributed by atoms with Gasteiger partial charge in [0.1, 0.15) is 6.33 Å². The topological polar surface area (TPSA) is 80.4 Å². The summed E-state index contributed by atoms with van der Waals surface area (Å²) >= 11 is 7.63. The lowest BCUT2D eigenvalue weighted by atomic mass is 10.1. The van der Waals surface area contributed by atoms with E-state index in [1.165, 1.54) is 30.2 Å². The van der Waals surface area contributed by atoms with Crippen molar-refractivity contribution in [2.24, 2.45) is 5.10 Å². The van der Waals surface area contributed by atoms with Crippen LogP contribution in [-0.2, 0) is 5.75 Å². The maximum atomic E-state index is 10.8. The molecule has 1 N–H and O–H groups in total. The van der Waals surface area contributed by atoms with Crippen molar-refractivity contribution in [3.8, 4) is 0 Å². The molecule has 3 rings (SSSR count). The fourth-order valence-electron chi connectivity index (χ4n) is 1.99. The number of hydrogen-bond acceptors (Lipinski definition) is 5. The molecule has 6 nitrogen and oxygen atoms in total. The van der Waals surface area contributed by atoms with E-state index >= 15 is 0 Å². The molecule has 3 aromatic rings.